The molecule has 1 rings (SSSR count). The standard InChI is InChI=1S/C10H14N2O5/c1-11-5-9(14)10(15)6-2-3-8(13)7(4-6)12(16)17/h2-4,9-11,13-15H,5H2,1H3. The van der Waals surface area contributed by atoms with Crippen molar-refractivity contribution in [1.29, 1.82) is 0 Å². The summed E-state index contributed by atoms with van der Waals surface area (Å²) in [7, 11) is 1.61. The lowest BCUT2D eigenvalue weighted by atomic mass is 10.0. The molecule has 0 aliphatic rings. The summed E-state index contributed by atoms with van der Waals surface area (Å²) in [5, 5.41) is 41.7. The number of aromatic hydroxyl groups is 1. The number of likely N-dealkylation sites (N-methyl/N-ethyl adjacent to an activating group) is 1. The number of aliphatic hydroxyl groups excluding tert-OH is 2. The zero-order chi connectivity index (χ0) is 13.0. The molecule has 0 aromatic heterocycles. The van der Waals surface area contributed by atoms with Crippen molar-refractivity contribution in [2.75, 3.05) is 13.6 Å². The number of aliphatic hydroxyl groups is 2. The first kappa shape index (κ1) is 13.4. The van der Waals surface area contributed by atoms with Crippen molar-refractivity contribution in [3.63, 3.8) is 0 Å². The Hall–Kier alpha value is -1.70. The minimum atomic E-state index is -1.25. The van der Waals surface area contributed by atoms with E-state index >= 15 is 0 Å². The molecule has 0 saturated heterocycles. The molecular weight excluding hydrogens is 228 g/mol. The molecule has 7 nitrogen and oxygen atoms in total. The van der Waals surface area contributed by atoms with Crippen LogP contribution in [-0.4, -0.2) is 39.9 Å². The van der Waals surface area contributed by atoms with E-state index in [9.17, 15) is 25.4 Å². The number of phenolic OH excluding ortho intramolecular Hbond substituents is 1. The number of phenols is 1. The summed E-state index contributed by atoms with van der Waals surface area (Å²) >= 11 is 0. The molecule has 94 valence electrons. The van der Waals surface area contributed by atoms with E-state index in [4.69, 9.17) is 0 Å². The third-order valence-electron chi connectivity index (χ3n) is 2.32. The van der Waals surface area contributed by atoms with Gasteiger partial charge < -0.3 is 20.6 Å². The fraction of sp³-hybridized carbons (Fsp3) is 0.400. The summed E-state index contributed by atoms with van der Waals surface area (Å²) in [6, 6.07) is 3.48. The molecule has 0 aliphatic heterocycles. The highest BCUT2D eigenvalue weighted by Gasteiger charge is 2.21. The molecule has 0 fully saturated rings. The van der Waals surface area contributed by atoms with Gasteiger partial charge in [0.2, 0.25) is 0 Å². The number of benzene rings is 1. The van der Waals surface area contributed by atoms with E-state index in [0.29, 0.717) is 0 Å². The molecule has 2 unspecified atom stereocenters. The molecule has 0 saturated carbocycles. The van der Waals surface area contributed by atoms with Gasteiger partial charge in [0.25, 0.3) is 0 Å². The van der Waals surface area contributed by atoms with Crippen LogP contribution in [0.4, 0.5) is 5.69 Å². The van der Waals surface area contributed by atoms with E-state index in [1.807, 2.05) is 0 Å². The first-order valence-electron chi connectivity index (χ1n) is 4.95. The molecule has 2 atom stereocenters. The van der Waals surface area contributed by atoms with Crippen LogP contribution < -0.4 is 5.32 Å². The zero-order valence-electron chi connectivity index (χ0n) is 9.20. The number of nitro benzene ring substituents is 1. The molecule has 0 amide bonds. The van der Waals surface area contributed by atoms with Gasteiger partial charge in [0, 0.05) is 12.6 Å². The highest BCUT2D eigenvalue weighted by Crippen LogP contribution is 2.29. The van der Waals surface area contributed by atoms with Crippen molar-refractivity contribution >= 4 is 5.69 Å². The van der Waals surface area contributed by atoms with Gasteiger partial charge in [0.15, 0.2) is 5.75 Å². The third kappa shape index (κ3) is 3.13. The van der Waals surface area contributed by atoms with Crippen LogP contribution in [0.15, 0.2) is 18.2 Å². The summed E-state index contributed by atoms with van der Waals surface area (Å²) in [4.78, 5) is 9.83. The highest BCUT2D eigenvalue weighted by atomic mass is 16.6. The third-order valence-corrected chi connectivity index (χ3v) is 2.32. The lowest BCUT2D eigenvalue weighted by Gasteiger charge is -2.17. The van der Waals surface area contributed by atoms with Gasteiger partial charge in [-0.05, 0) is 18.7 Å². The van der Waals surface area contributed by atoms with Gasteiger partial charge in [-0.1, -0.05) is 6.07 Å². The molecule has 0 heterocycles. The number of hydrogen-bond acceptors (Lipinski definition) is 6. The second-order valence-corrected chi connectivity index (χ2v) is 3.58. The quantitative estimate of drug-likeness (QED) is 0.423. The largest absolute Gasteiger partial charge is 0.502 e. The normalized spacial score (nSPS) is 14.3. The Balaban J connectivity index is 2.99. The van der Waals surface area contributed by atoms with Crippen LogP contribution in [0.1, 0.15) is 11.7 Å². The minimum Gasteiger partial charge on any atom is -0.502 e. The first-order valence-corrected chi connectivity index (χ1v) is 4.95. The van der Waals surface area contributed by atoms with E-state index < -0.39 is 28.6 Å². The predicted molar refractivity (Wildman–Crippen MR) is 59.7 cm³/mol. The molecule has 1 aromatic carbocycles. The van der Waals surface area contributed by atoms with Crippen molar-refractivity contribution in [3.05, 3.63) is 33.9 Å². The van der Waals surface area contributed by atoms with Crippen LogP contribution in [0.5, 0.6) is 5.75 Å². The van der Waals surface area contributed by atoms with Gasteiger partial charge in [-0.3, -0.25) is 10.1 Å². The maximum atomic E-state index is 10.6. The number of nitrogens with one attached hydrogen (secondary N) is 1. The van der Waals surface area contributed by atoms with E-state index in [-0.39, 0.29) is 12.1 Å². The molecule has 17 heavy (non-hydrogen) atoms. The Morgan fingerprint density at radius 3 is 2.65 bits per heavy atom. The fourth-order valence-electron chi connectivity index (χ4n) is 1.41. The van der Waals surface area contributed by atoms with Gasteiger partial charge >= 0.3 is 5.69 Å². The van der Waals surface area contributed by atoms with Crippen LogP contribution in [0.3, 0.4) is 0 Å². The smallest absolute Gasteiger partial charge is 0.311 e. The van der Waals surface area contributed by atoms with Crippen molar-refractivity contribution in [2.45, 2.75) is 12.2 Å². The Morgan fingerprint density at radius 1 is 1.47 bits per heavy atom. The monoisotopic (exact) mass is 242 g/mol. The summed E-state index contributed by atoms with van der Waals surface area (Å²) in [5.74, 6) is -0.478. The van der Waals surface area contributed by atoms with Crippen molar-refractivity contribution in [1.82, 2.24) is 5.32 Å². The van der Waals surface area contributed by atoms with E-state index in [2.05, 4.69) is 5.32 Å². The first-order chi connectivity index (χ1) is 7.97. The maximum absolute atomic E-state index is 10.6. The van der Waals surface area contributed by atoms with Gasteiger partial charge in [0.05, 0.1) is 11.0 Å². The summed E-state index contributed by atoms with van der Waals surface area (Å²) in [6.45, 7) is 0.149. The Morgan fingerprint density at radius 2 is 2.12 bits per heavy atom. The van der Waals surface area contributed by atoms with Gasteiger partial charge in [-0.15, -0.1) is 0 Å². The number of rotatable bonds is 5. The van der Waals surface area contributed by atoms with Crippen LogP contribution in [0.2, 0.25) is 0 Å². The summed E-state index contributed by atoms with van der Waals surface area (Å²) < 4.78 is 0. The van der Waals surface area contributed by atoms with Crippen molar-refractivity contribution < 1.29 is 20.2 Å². The minimum absolute atomic E-state index is 0.149. The summed E-state index contributed by atoms with van der Waals surface area (Å²) in [6.07, 6.45) is -2.33. The SMILES string of the molecule is CNCC(O)C(O)c1ccc(O)c([N+](=O)[O-])c1. The second-order valence-electron chi connectivity index (χ2n) is 3.58. The van der Waals surface area contributed by atoms with Gasteiger partial charge in [-0.25, -0.2) is 0 Å². The molecule has 4 N–H and O–H groups in total. The van der Waals surface area contributed by atoms with Crippen LogP contribution >= 0.6 is 0 Å². The molecule has 0 radical (unpaired) electrons. The van der Waals surface area contributed by atoms with E-state index in [1.54, 1.807) is 7.05 Å². The molecule has 7 heteroatoms. The van der Waals surface area contributed by atoms with E-state index in [0.717, 1.165) is 12.1 Å². The average molecular weight is 242 g/mol. The van der Waals surface area contributed by atoms with Gasteiger partial charge in [-0.2, -0.15) is 0 Å². The molecule has 0 spiro atoms. The van der Waals surface area contributed by atoms with Crippen LogP contribution in [0.25, 0.3) is 0 Å². The van der Waals surface area contributed by atoms with Gasteiger partial charge in [0.1, 0.15) is 6.10 Å². The number of nitro groups is 1. The molecule has 0 bridgehead atoms. The zero-order valence-corrected chi connectivity index (χ0v) is 9.20. The van der Waals surface area contributed by atoms with Crippen LogP contribution in [0, 0.1) is 10.1 Å². The topological polar surface area (TPSA) is 116 Å². The summed E-state index contributed by atoms with van der Waals surface area (Å²) in [5.41, 5.74) is -0.324. The number of hydrogen-bond donors (Lipinski definition) is 4. The second kappa shape index (κ2) is 5.58. The fourth-order valence-corrected chi connectivity index (χ4v) is 1.41. The molecule has 0 aliphatic carbocycles. The van der Waals surface area contributed by atoms with Crippen molar-refractivity contribution in [2.24, 2.45) is 0 Å². The lowest BCUT2D eigenvalue weighted by molar-refractivity contribution is -0.386. The maximum Gasteiger partial charge on any atom is 0.311 e. The van der Waals surface area contributed by atoms with Crippen LogP contribution in [-0.2, 0) is 0 Å². The predicted octanol–water partition coefficient (Wildman–Crippen LogP) is -0.0859. The van der Waals surface area contributed by atoms with E-state index in [1.165, 1.54) is 6.07 Å². The Labute approximate surface area is 97.5 Å². The lowest BCUT2D eigenvalue weighted by Crippen LogP contribution is -2.29. The molecule has 1 aromatic rings. The number of nitrogens with zero attached hydrogens (tertiary/aromatic N) is 1. The Bertz CT molecular complexity index is 410. The van der Waals surface area contributed by atoms with Crippen molar-refractivity contribution in [3.8, 4) is 5.75 Å². The molecular formula is C10H14N2O5. The average Bonchev–Trinajstić information content (AvgIpc) is 2.28. The Kier molecular flexibility index (Phi) is 4.38. The highest BCUT2D eigenvalue weighted by molar-refractivity contribution is 5.48.